The molecule has 0 aromatic heterocycles. The molecular formula is C40H30S. The van der Waals surface area contributed by atoms with Crippen molar-refractivity contribution >= 4 is 35.1 Å². The average molecular weight is 543 g/mol. The lowest BCUT2D eigenvalue weighted by Crippen LogP contribution is -1.88. The standard InChI is InChI=1S/C40H30S/c1-5-13-33(14-6-1)39(34-15-7-2-8-16-34)29-31-21-25-37(26-22-31)41-38-27-23-32(24-28-38)30-40(35-17-9-3-10-18-35)36-19-11-4-12-20-36/h1-30H. The molecule has 0 radical (unpaired) electrons. The Morgan fingerprint density at radius 1 is 0.317 bits per heavy atom. The smallest absolute Gasteiger partial charge is 0.0122 e. The summed E-state index contributed by atoms with van der Waals surface area (Å²) >= 11 is 1.79. The van der Waals surface area contributed by atoms with E-state index in [1.165, 1.54) is 54.3 Å². The van der Waals surface area contributed by atoms with Gasteiger partial charge in [-0.2, -0.15) is 0 Å². The second-order valence-corrected chi connectivity index (χ2v) is 11.0. The van der Waals surface area contributed by atoms with E-state index in [9.17, 15) is 0 Å². The van der Waals surface area contributed by atoms with Crippen LogP contribution in [0.2, 0.25) is 0 Å². The van der Waals surface area contributed by atoms with Crippen LogP contribution in [0.15, 0.2) is 180 Å². The molecule has 0 aliphatic heterocycles. The van der Waals surface area contributed by atoms with Crippen molar-refractivity contribution in [3.05, 3.63) is 203 Å². The molecule has 41 heavy (non-hydrogen) atoms. The van der Waals surface area contributed by atoms with Crippen LogP contribution in [0.25, 0.3) is 23.3 Å². The van der Waals surface area contributed by atoms with Crippen LogP contribution < -0.4 is 0 Å². The van der Waals surface area contributed by atoms with Crippen molar-refractivity contribution in [1.29, 1.82) is 0 Å². The molecule has 0 saturated heterocycles. The largest absolute Gasteiger partial charge is 0.0901 e. The lowest BCUT2D eigenvalue weighted by atomic mass is 9.96. The van der Waals surface area contributed by atoms with E-state index in [2.05, 4.69) is 182 Å². The predicted octanol–water partition coefficient (Wildman–Crippen LogP) is 11.0. The highest BCUT2D eigenvalue weighted by Gasteiger charge is 2.07. The van der Waals surface area contributed by atoms with E-state index >= 15 is 0 Å². The van der Waals surface area contributed by atoms with Crippen molar-refractivity contribution in [2.45, 2.75) is 9.79 Å². The summed E-state index contributed by atoms with van der Waals surface area (Å²) in [6.45, 7) is 0. The summed E-state index contributed by atoms with van der Waals surface area (Å²) in [5.74, 6) is 0. The van der Waals surface area contributed by atoms with Crippen LogP contribution in [0.4, 0.5) is 0 Å². The van der Waals surface area contributed by atoms with Gasteiger partial charge in [0.25, 0.3) is 0 Å². The van der Waals surface area contributed by atoms with Crippen LogP contribution >= 0.6 is 11.8 Å². The van der Waals surface area contributed by atoms with Gasteiger partial charge < -0.3 is 0 Å². The lowest BCUT2D eigenvalue weighted by Gasteiger charge is -2.10. The maximum absolute atomic E-state index is 2.28. The third-order valence-corrected chi connectivity index (χ3v) is 7.97. The molecule has 0 aliphatic carbocycles. The molecule has 6 aromatic rings. The van der Waals surface area contributed by atoms with Gasteiger partial charge >= 0.3 is 0 Å². The average Bonchev–Trinajstić information content (AvgIpc) is 3.06. The first-order valence-corrected chi connectivity index (χ1v) is 14.7. The third kappa shape index (κ3) is 6.84. The molecule has 0 fully saturated rings. The van der Waals surface area contributed by atoms with E-state index in [0.717, 1.165) is 0 Å². The molecule has 0 unspecified atom stereocenters. The number of rotatable bonds is 8. The fraction of sp³-hybridized carbons (Fsp3) is 0. The highest BCUT2D eigenvalue weighted by atomic mass is 32.2. The van der Waals surface area contributed by atoms with Crippen molar-refractivity contribution in [3.63, 3.8) is 0 Å². The Morgan fingerprint density at radius 3 is 0.854 bits per heavy atom. The number of hydrogen-bond acceptors (Lipinski definition) is 1. The first kappa shape index (κ1) is 26.4. The quantitative estimate of drug-likeness (QED) is 0.172. The van der Waals surface area contributed by atoms with Crippen LogP contribution in [0.3, 0.4) is 0 Å². The van der Waals surface area contributed by atoms with Gasteiger partial charge in [-0.3, -0.25) is 0 Å². The van der Waals surface area contributed by atoms with Gasteiger partial charge in [0.1, 0.15) is 0 Å². The zero-order chi connectivity index (χ0) is 27.7. The van der Waals surface area contributed by atoms with Gasteiger partial charge in [-0.1, -0.05) is 157 Å². The molecule has 0 N–H and O–H groups in total. The molecule has 0 amide bonds. The number of benzene rings is 6. The van der Waals surface area contributed by atoms with Crippen LogP contribution in [0.1, 0.15) is 33.4 Å². The molecular weight excluding hydrogens is 513 g/mol. The molecule has 0 heterocycles. The van der Waals surface area contributed by atoms with Crippen molar-refractivity contribution in [1.82, 2.24) is 0 Å². The fourth-order valence-corrected chi connectivity index (χ4v) is 5.69. The maximum Gasteiger partial charge on any atom is 0.0122 e. The highest BCUT2D eigenvalue weighted by molar-refractivity contribution is 7.99. The van der Waals surface area contributed by atoms with Crippen molar-refractivity contribution in [2.75, 3.05) is 0 Å². The fourth-order valence-electron chi connectivity index (χ4n) is 4.87. The van der Waals surface area contributed by atoms with Crippen LogP contribution in [-0.2, 0) is 0 Å². The molecule has 0 atom stereocenters. The molecule has 6 rings (SSSR count). The van der Waals surface area contributed by atoms with Gasteiger partial charge in [-0.25, -0.2) is 0 Å². The third-order valence-electron chi connectivity index (χ3n) is 6.96. The highest BCUT2D eigenvalue weighted by Crippen LogP contribution is 2.31. The zero-order valence-corrected chi connectivity index (χ0v) is 23.5. The minimum atomic E-state index is 1.19. The van der Waals surface area contributed by atoms with Crippen molar-refractivity contribution in [3.8, 4) is 0 Å². The van der Waals surface area contributed by atoms with E-state index in [1.54, 1.807) is 11.8 Å². The predicted molar refractivity (Wildman–Crippen MR) is 177 cm³/mol. The Hall–Kier alpha value is -4.85. The maximum atomic E-state index is 2.28. The summed E-state index contributed by atoms with van der Waals surface area (Å²) in [6.07, 6.45) is 4.55. The van der Waals surface area contributed by atoms with Crippen LogP contribution in [0.5, 0.6) is 0 Å². The SMILES string of the molecule is C(=C(c1ccccc1)c1ccccc1)c1ccc(Sc2ccc(C=C(c3ccccc3)c3ccccc3)cc2)cc1. The van der Waals surface area contributed by atoms with Crippen LogP contribution in [0, 0.1) is 0 Å². The summed E-state index contributed by atoms with van der Waals surface area (Å²) in [5, 5.41) is 0. The van der Waals surface area contributed by atoms with E-state index in [-0.39, 0.29) is 0 Å². The Kier molecular flexibility index (Phi) is 8.36. The van der Waals surface area contributed by atoms with Crippen LogP contribution in [-0.4, -0.2) is 0 Å². The van der Waals surface area contributed by atoms with E-state index in [0.29, 0.717) is 0 Å². The normalized spacial score (nSPS) is 10.5. The Bertz CT molecular complexity index is 1520. The first-order chi connectivity index (χ1) is 20.3. The second kappa shape index (κ2) is 13.0. The topological polar surface area (TPSA) is 0 Å². The lowest BCUT2D eigenvalue weighted by molar-refractivity contribution is 1.39. The molecule has 0 saturated carbocycles. The zero-order valence-electron chi connectivity index (χ0n) is 22.7. The summed E-state index contributed by atoms with van der Waals surface area (Å²) in [6, 6.07) is 60.0. The molecule has 0 aliphatic rings. The molecule has 0 spiro atoms. The Balaban J connectivity index is 1.21. The van der Waals surface area contributed by atoms with E-state index in [1.807, 2.05) is 0 Å². The van der Waals surface area contributed by atoms with Gasteiger partial charge in [0.15, 0.2) is 0 Å². The molecule has 6 aromatic carbocycles. The first-order valence-electron chi connectivity index (χ1n) is 13.8. The van der Waals surface area contributed by atoms with Gasteiger partial charge in [0.05, 0.1) is 0 Å². The second-order valence-electron chi connectivity index (χ2n) is 9.82. The summed E-state index contributed by atoms with van der Waals surface area (Å²) in [4.78, 5) is 2.45. The van der Waals surface area contributed by atoms with E-state index < -0.39 is 0 Å². The summed E-state index contributed by atoms with van der Waals surface area (Å²) in [5.41, 5.74) is 9.69. The molecule has 196 valence electrons. The van der Waals surface area contributed by atoms with Crippen molar-refractivity contribution in [2.24, 2.45) is 0 Å². The van der Waals surface area contributed by atoms with Gasteiger partial charge in [0, 0.05) is 9.79 Å². The Labute approximate surface area is 247 Å². The summed E-state index contributed by atoms with van der Waals surface area (Å²) < 4.78 is 0. The molecule has 1 heteroatoms. The minimum Gasteiger partial charge on any atom is -0.0901 e. The van der Waals surface area contributed by atoms with Gasteiger partial charge in [-0.05, 0) is 80.9 Å². The monoisotopic (exact) mass is 542 g/mol. The summed E-state index contributed by atoms with van der Waals surface area (Å²) in [7, 11) is 0. The Morgan fingerprint density at radius 2 is 0.585 bits per heavy atom. The number of hydrogen-bond donors (Lipinski definition) is 0. The minimum absolute atomic E-state index is 1.19. The molecule has 0 nitrogen and oxygen atoms in total. The van der Waals surface area contributed by atoms with E-state index in [4.69, 9.17) is 0 Å². The van der Waals surface area contributed by atoms with Crippen molar-refractivity contribution < 1.29 is 0 Å². The van der Waals surface area contributed by atoms with Gasteiger partial charge in [-0.15, -0.1) is 0 Å². The van der Waals surface area contributed by atoms with Gasteiger partial charge in [0.2, 0.25) is 0 Å². The molecule has 0 bridgehead atoms.